The Bertz CT molecular complexity index is 1470. The number of anilines is 1. The molecule has 2 N–H and O–H groups in total. The summed E-state index contributed by atoms with van der Waals surface area (Å²) < 4.78 is 21.6. The Morgan fingerprint density at radius 1 is 0.923 bits per heavy atom. The molecule has 0 amide bonds. The number of aryl methyl sites for hydroxylation is 1. The molecule has 0 spiro atoms. The van der Waals surface area contributed by atoms with Gasteiger partial charge in [0.25, 0.3) is 0 Å². The number of nitrogens with one attached hydrogen (secondary N) is 1. The van der Waals surface area contributed by atoms with Gasteiger partial charge in [-0.25, -0.2) is 4.98 Å². The number of pyridine rings is 1. The van der Waals surface area contributed by atoms with Gasteiger partial charge in [-0.3, -0.25) is 9.29 Å². The molecule has 4 aromatic rings. The fourth-order valence-electron chi connectivity index (χ4n) is 3.68. The van der Waals surface area contributed by atoms with Gasteiger partial charge in [0.05, 0.1) is 44.6 Å². The van der Waals surface area contributed by atoms with E-state index in [9.17, 15) is 5.26 Å². The van der Waals surface area contributed by atoms with E-state index in [0.717, 1.165) is 12.7 Å². The van der Waals surface area contributed by atoms with Gasteiger partial charge in [0, 0.05) is 18.9 Å². The molecule has 0 bridgehead atoms. The zero-order valence-corrected chi connectivity index (χ0v) is 22.7. The minimum Gasteiger partial charge on any atom is -0.494 e. The smallest absolute Gasteiger partial charge is 0.239 e. The van der Waals surface area contributed by atoms with Gasteiger partial charge in [0.2, 0.25) is 11.8 Å². The lowest BCUT2D eigenvalue weighted by Crippen LogP contribution is -2.07. The fourth-order valence-corrected chi connectivity index (χ4v) is 4.36. The van der Waals surface area contributed by atoms with Crippen LogP contribution in [0.15, 0.2) is 54.6 Å². The van der Waals surface area contributed by atoms with E-state index in [-0.39, 0.29) is 0 Å². The largest absolute Gasteiger partial charge is 0.494 e. The van der Waals surface area contributed by atoms with Crippen LogP contribution in [0.25, 0.3) is 17.2 Å². The number of aliphatic hydroxyl groups excluding tert-OH is 1. The van der Waals surface area contributed by atoms with E-state index < -0.39 is 0 Å². The minimum absolute atomic E-state index is 0.438. The van der Waals surface area contributed by atoms with Gasteiger partial charge in [0.15, 0.2) is 5.82 Å². The third-order valence-corrected chi connectivity index (χ3v) is 6.18. The van der Waals surface area contributed by atoms with Crippen molar-refractivity contribution in [2.24, 2.45) is 0 Å². The number of ether oxygens (including phenoxy) is 3. The third-order valence-electron chi connectivity index (χ3n) is 5.45. The molecule has 2 aromatic carbocycles. The number of aromatic nitrogens is 4. The molecule has 0 fully saturated rings. The quantitative estimate of drug-likeness (QED) is 0.220. The number of aliphatic hydroxyl groups is 1. The highest BCUT2D eigenvalue weighted by Gasteiger charge is 2.23. The number of rotatable bonds is 10. The Balaban J connectivity index is 0.00000205. The maximum absolute atomic E-state index is 9.44. The summed E-state index contributed by atoms with van der Waals surface area (Å²) in [6.45, 7) is 0. The van der Waals surface area contributed by atoms with E-state index in [4.69, 9.17) is 24.6 Å². The van der Waals surface area contributed by atoms with Crippen LogP contribution >= 0.6 is 11.9 Å². The van der Waals surface area contributed by atoms with Gasteiger partial charge in [-0.1, -0.05) is 18.2 Å². The van der Waals surface area contributed by atoms with Gasteiger partial charge in [-0.2, -0.15) is 10.5 Å². The first-order valence-corrected chi connectivity index (χ1v) is 12.6. The highest BCUT2D eigenvalue weighted by molar-refractivity contribution is 8.00. The zero-order valence-electron chi connectivity index (χ0n) is 21.9. The van der Waals surface area contributed by atoms with Crippen LogP contribution in [0, 0.1) is 22.7 Å². The molecule has 11 nitrogen and oxygen atoms in total. The van der Waals surface area contributed by atoms with Gasteiger partial charge in [0.1, 0.15) is 22.9 Å². The minimum atomic E-state index is 0.438. The van der Waals surface area contributed by atoms with Gasteiger partial charge in [-0.15, -0.1) is 10.2 Å². The molecule has 0 atom stereocenters. The van der Waals surface area contributed by atoms with Crippen molar-refractivity contribution in [3.63, 3.8) is 0 Å². The molecule has 0 aliphatic rings. The second kappa shape index (κ2) is 14.2. The Morgan fingerprint density at radius 2 is 1.64 bits per heavy atom. The second-order valence-electron chi connectivity index (χ2n) is 7.56. The highest BCUT2D eigenvalue weighted by Crippen LogP contribution is 2.37. The van der Waals surface area contributed by atoms with Crippen molar-refractivity contribution in [1.29, 1.82) is 10.5 Å². The number of benzene rings is 2. The van der Waals surface area contributed by atoms with Crippen LogP contribution in [-0.2, 0) is 6.42 Å². The zero-order chi connectivity index (χ0) is 28.2. The molecule has 0 unspecified atom stereocenters. The molecule has 2 heterocycles. The molecule has 0 saturated heterocycles. The van der Waals surface area contributed by atoms with Crippen LogP contribution in [0.2, 0.25) is 0 Å². The Hall–Kier alpha value is -4.78. The van der Waals surface area contributed by atoms with E-state index >= 15 is 0 Å². The lowest BCUT2D eigenvalue weighted by atomic mass is 10.0. The molecule has 12 heteroatoms. The first-order valence-electron chi connectivity index (χ1n) is 11.6. The summed E-state index contributed by atoms with van der Waals surface area (Å²) in [6.07, 6.45) is 0.614. The van der Waals surface area contributed by atoms with E-state index in [1.54, 1.807) is 44.1 Å². The molecule has 2 aromatic heterocycles. The topological polar surface area (TPSA) is 151 Å². The van der Waals surface area contributed by atoms with E-state index in [1.165, 1.54) is 11.9 Å². The summed E-state index contributed by atoms with van der Waals surface area (Å²) in [5.74, 6) is 3.10. The van der Waals surface area contributed by atoms with E-state index in [2.05, 4.69) is 32.0 Å². The summed E-state index contributed by atoms with van der Waals surface area (Å²) in [5, 5.41) is 34.3. The predicted octanol–water partition coefficient (Wildman–Crippen LogP) is 4.01. The van der Waals surface area contributed by atoms with Crippen LogP contribution in [0.1, 0.15) is 16.7 Å². The van der Waals surface area contributed by atoms with Crippen LogP contribution in [0.3, 0.4) is 0 Å². The Kier molecular flexibility index (Phi) is 10.5. The predicted molar refractivity (Wildman–Crippen MR) is 148 cm³/mol. The molecule has 0 saturated carbocycles. The normalized spacial score (nSPS) is 9.92. The maximum atomic E-state index is 9.44. The second-order valence-corrected chi connectivity index (χ2v) is 8.46. The number of para-hydroxylation sites is 1. The van der Waals surface area contributed by atoms with Crippen molar-refractivity contribution < 1.29 is 19.3 Å². The summed E-state index contributed by atoms with van der Waals surface area (Å²) in [7, 11) is 5.71. The van der Waals surface area contributed by atoms with Crippen molar-refractivity contribution in [2.45, 2.75) is 6.42 Å². The molecule has 0 aliphatic heterocycles. The molecule has 4 rings (SSSR count). The van der Waals surface area contributed by atoms with E-state index in [0.29, 0.717) is 63.8 Å². The first kappa shape index (κ1) is 28.8. The van der Waals surface area contributed by atoms with E-state index in [1.807, 2.05) is 36.4 Å². The summed E-state index contributed by atoms with van der Waals surface area (Å²) in [4.78, 5) is 4.53. The van der Waals surface area contributed by atoms with Crippen LogP contribution in [0.5, 0.6) is 17.4 Å². The molecule has 0 radical (unpaired) electrons. The molecular weight excluding hydrogens is 518 g/mol. The SMILES string of the molecule is CO.COc1cccc(-c2nnc(NSCCc3ccc(C#N)cc3C#N)n2-c2c(OC)cccc2OC)n1. The molecule has 0 aliphatic carbocycles. The Morgan fingerprint density at radius 3 is 2.28 bits per heavy atom. The lowest BCUT2D eigenvalue weighted by molar-refractivity contribution is 0.391. The number of methoxy groups -OCH3 is 3. The van der Waals surface area contributed by atoms with Crippen LogP contribution in [-0.4, -0.2) is 59.0 Å². The maximum Gasteiger partial charge on any atom is 0.239 e. The van der Waals surface area contributed by atoms with Crippen molar-refractivity contribution in [1.82, 2.24) is 19.7 Å². The van der Waals surface area contributed by atoms with Crippen molar-refractivity contribution in [2.75, 3.05) is 38.9 Å². The lowest BCUT2D eigenvalue weighted by Gasteiger charge is -2.17. The fraction of sp³-hybridized carbons (Fsp3) is 0.222. The molecule has 200 valence electrons. The summed E-state index contributed by atoms with van der Waals surface area (Å²) >= 11 is 1.41. The molecule has 39 heavy (non-hydrogen) atoms. The number of nitrogens with zero attached hydrogens (tertiary/aromatic N) is 6. The Labute approximate surface area is 230 Å². The van der Waals surface area contributed by atoms with Gasteiger partial charge < -0.3 is 19.3 Å². The number of hydrogen-bond donors (Lipinski definition) is 2. The van der Waals surface area contributed by atoms with Crippen LogP contribution < -0.4 is 18.9 Å². The van der Waals surface area contributed by atoms with Gasteiger partial charge in [-0.05, 0) is 54.3 Å². The van der Waals surface area contributed by atoms with Crippen LogP contribution in [0.4, 0.5) is 5.95 Å². The summed E-state index contributed by atoms with van der Waals surface area (Å²) in [5.41, 5.74) is 2.98. The molecular formula is C27H27N7O4S. The highest BCUT2D eigenvalue weighted by atomic mass is 32.2. The van der Waals surface area contributed by atoms with Crippen molar-refractivity contribution in [3.05, 3.63) is 71.3 Å². The first-order chi connectivity index (χ1) is 19.1. The average molecular weight is 546 g/mol. The number of hydrogen-bond acceptors (Lipinski definition) is 11. The average Bonchev–Trinajstić information content (AvgIpc) is 3.43. The van der Waals surface area contributed by atoms with Crippen molar-refractivity contribution >= 4 is 17.9 Å². The standard InChI is InChI=1S/C26H23N7O3S.CH4O/c1-34-21-7-5-8-22(35-2)24(21)33-25(20-6-4-9-23(29-20)36-3)30-31-26(33)32-37-13-12-18-11-10-17(15-27)14-19(18)16-28;1-2/h4-11,14H,12-13H2,1-3H3,(H,31,32);2H,1H3. The summed E-state index contributed by atoms with van der Waals surface area (Å²) in [6, 6.07) is 20.2. The van der Waals surface area contributed by atoms with Crippen molar-refractivity contribution in [3.8, 4) is 46.7 Å². The number of nitriles is 2. The third kappa shape index (κ3) is 6.57. The van der Waals surface area contributed by atoms with Gasteiger partial charge >= 0.3 is 0 Å². The monoisotopic (exact) mass is 545 g/mol.